The third-order valence-electron chi connectivity index (χ3n) is 5.09. The van der Waals surface area contributed by atoms with Crippen LogP contribution < -0.4 is 0 Å². The normalized spacial score (nSPS) is 26.2. The number of aldehydes is 1. The number of likely N-dealkylation sites (tertiary alicyclic amines) is 1. The van der Waals surface area contributed by atoms with Crippen molar-refractivity contribution in [3.8, 4) is 0 Å². The van der Waals surface area contributed by atoms with Gasteiger partial charge in [0.05, 0.1) is 18.2 Å². The summed E-state index contributed by atoms with van der Waals surface area (Å²) in [5.41, 5.74) is -0.586. The quantitative estimate of drug-likeness (QED) is 0.556. The predicted octanol–water partition coefficient (Wildman–Crippen LogP) is 4.36. The molecule has 6 heteroatoms. The van der Waals surface area contributed by atoms with Crippen molar-refractivity contribution < 1.29 is 18.8 Å². The molecule has 0 aliphatic carbocycles. The van der Waals surface area contributed by atoms with E-state index in [2.05, 4.69) is 33.9 Å². The number of nitrogens with zero attached hydrogens (tertiary/aromatic N) is 1. The van der Waals surface area contributed by atoms with Gasteiger partial charge < -0.3 is 14.0 Å². The van der Waals surface area contributed by atoms with Crippen LogP contribution in [0.3, 0.4) is 0 Å². The van der Waals surface area contributed by atoms with Crippen LogP contribution in [0, 0.1) is 0 Å². The molecule has 0 spiro atoms. The van der Waals surface area contributed by atoms with Crippen molar-refractivity contribution in [2.75, 3.05) is 0 Å². The average Bonchev–Trinajstić information content (AvgIpc) is 2.37. The maximum Gasteiger partial charge on any atom is 0.411 e. The van der Waals surface area contributed by atoms with Gasteiger partial charge in [-0.05, 0) is 58.7 Å². The number of amides is 1. The van der Waals surface area contributed by atoms with Gasteiger partial charge in [0.1, 0.15) is 11.9 Å². The van der Waals surface area contributed by atoms with Gasteiger partial charge >= 0.3 is 6.09 Å². The molecule has 1 fully saturated rings. The van der Waals surface area contributed by atoms with Gasteiger partial charge in [-0.15, -0.1) is 0 Å². The van der Waals surface area contributed by atoms with Gasteiger partial charge in [-0.2, -0.15) is 0 Å². The van der Waals surface area contributed by atoms with E-state index in [1.54, 1.807) is 4.90 Å². The maximum absolute atomic E-state index is 12.6. The number of hydrogen-bond donors (Lipinski definition) is 0. The van der Waals surface area contributed by atoms with E-state index in [-0.39, 0.29) is 17.2 Å². The van der Waals surface area contributed by atoms with Crippen molar-refractivity contribution in [1.29, 1.82) is 0 Å². The third kappa shape index (κ3) is 5.05. The summed E-state index contributed by atoms with van der Waals surface area (Å²) in [6.45, 7) is 18.5. The summed E-state index contributed by atoms with van der Waals surface area (Å²) in [7, 11) is -1.94. The highest BCUT2D eigenvalue weighted by Crippen LogP contribution is 2.39. The number of carbonyl (C=O) groups excluding carboxylic acids is 2. The van der Waals surface area contributed by atoms with Gasteiger partial charge in [0.25, 0.3) is 0 Å². The maximum atomic E-state index is 12.6. The van der Waals surface area contributed by atoms with Crippen molar-refractivity contribution >= 4 is 20.7 Å². The molecule has 1 saturated heterocycles. The lowest BCUT2D eigenvalue weighted by Gasteiger charge is -2.47. The Balaban J connectivity index is 2.98. The molecule has 0 aromatic rings. The minimum atomic E-state index is -1.94. The van der Waals surface area contributed by atoms with Crippen LogP contribution in [0.15, 0.2) is 0 Å². The molecular formula is C18H35NO4Si. The van der Waals surface area contributed by atoms with Gasteiger partial charge in [0.15, 0.2) is 8.32 Å². The lowest BCUT2D eigenvalue weighted by atomic mass is 9.95. The minimum Gasteiger partial charge on any atom is -0.444 e. The van der Waals surface area contributed by atoms with Crippen molar-refractivity contribution in [3.63, 3.8) is 0 Å². The topological polar surface area (TPSA) is 55.8 Å². The zero-order valence-corrected chi connectivity index (χ0v) is 17.8. The standard InChI is InChI=1S/C18H35NO4Si/c1-13-15(23-24(8,9)18(5,6)7)11-10-14(12-20)19(13)16(21)22-17(2,3)4/h12-15H,10-11H2,1-9H3/t13-,14+,15+/m1/s1. The summed E-state index contributed by atoms with van der Waals surface area (Å²) < 4.78 is 12.0. The second kappa shape index (κ2) is 7.16. The Morgan fingerprint density at radius 1 is 1.12 bits per heavy atom. The highest BCUT2D eigenvalue weighted by Gasteiger charge is 2.45. The van der Waals surface area contributed by atoms with Crippen LogP contribution in [0.2, 0.25) is 18.1 Å². The lowest BCUT2D eigenvalue weighted by molar-refractivity contribution is -0.116. The van der Waals surface area contributed by atoms with Crippen LogP contribution in [-0.2, 0) is 14.0 Å². The summed E-state index contributed by atoms with van der Waals surface area (Å²) in [5.74, 6) is 0. The van der Waals surface area contributed by atoms with Crippen molar-refractivity contribution in [2.45, 2.75) is 103 Å². The molecule has 0 aromatic carbocycles. The van der Waals surface area contributed by atoms with Crippen molar-refractivity contribution in [1.82, 2.24) is 4.90 Å². The van der Waals surface area contributed by atoms with Gasteiger partial charge in [-0.1, -0.05) is 20.8 Å². The first-order chi connectivity index (χ1) is 10.7. The van der Waals surface area contributed by atoms with E-state index in [0.29, 0.717) is 6.42 Å². The Labute approximate surface area is 148 Å². The van der Waals surface area contributed by atoms with Crippen molar-refractivity contribution in [2.24, 2.45) is 0 Å². The number of hydrogen-bond acceptors (Lipinski definition) is 4. The Kier molecular flexibility index (Phi) is 6.31. The third-order valence-corrected chi connectivity index (χ3v) is 9.60. The predicted molar refractivity (Wildman–Crippen MR) is 98.7 cm³/mol. The Morgan fingerprint density at radius 3 is 2.08 bits per heavy atom. The summed E-state index contributed by atoms with van der Waals surface area (Å²) in [5, 5.41) is 0.102. The van der Waals surface area contributed by atoms with Crippen LogP contribution >= 0.6 is 0 Å². The summed E-state index contributed by atoms with van der Waals surface area (Å²) >= 11 is 0. The molecule has 1 aliphatic heterocycles. The van der Waals surface area contributed by atoms with Crippen LogP contribution in [0.4, 0.5) is 4.79 Å². The molecule has 0 bridgehead atoms. The molecule has 0 unspecified atom stereocenters. The smallest absolute Gasteiger partial charge is 0.411 e. The molecule has 0 radical (unpaired) electrons. The van der Waals surface area contributed by atoms with Gasteiger partial charge in [-0.25, -0.2) is 4.79 Å². The molecule has 5 nitrogen and oxygen atoms in total. The molecule has 3 atom stereocenters. The van der Waals surface area contributed by atoms with Gasteiger partial charge in [-0.3, -0.25) is 4.90 Å². The zero-order chi connectivity index (χ0) is 18.9. The highest BCUT2D eigenvalue weighted by molar-refractivity contribution is 6.74. The van der Waals surface area contributed by atoms with Crippen LogP contribution in [0.25, 0.3) is 0 Å². The van der Waals surface area contributed by atoms with E-state index in [4.69, 9.17) is 9.16 Å². The fourth-order valence-corrected chi connectivity index (χ4v) is 4.08. The van der Waals surface area contributed by atoms with E-state index in [1.807, 2.05) is 27.7 Å². The van der Waals surface area contributed by atoms with Crippen LogP contribution in [-0.4, -0.2) is 49.4 Å². The second-order valence-corrected chi connectivity index (χ2v) is 14.1. The molecule has 1 heterocycles. The number of piperidine rings is 1. The molecular weight excluding hydrogens is 322 g/mol. The summed E-state index contributed by atoms with van der Waals surface area (Å²) in [6.07, 6.45) is 1.76. The minimum absolute atomic E-state index is 0.0605. The van der Waals surface area contributed by atoms with E-state index >= 15 is 0 Å². The molecule has 24 heavy (non-hydrogen) atoms. The first kappa shape index (κ1) is 21.2. The molecule has 140 valence electrons. The SMILES string of the molecule is C[C@@H]1[C@@H](O[Si](C)(C)C(C)(C)C)CC[C@@H](C=O)N1C(=O)OC(C)(C)C. The van der Waals surface area contributed by atoms with Crippen LogP contribution in [0.5, 0.6) is 0 Å². The largest absolute Gasteiger partial charge is 0.444 e. The van der Waals surface area contributed by atoms with E-state index in [0.717, 1.165) is 12.7 Å². The molecule has 1 amide bonds. The zero-order valence-electron chi connectivity index (χ0n) is 16.8. The molecule has 1 aliphatic rings. The van der Waals surface area contributed by atoms with Crippen LogP contribution in [0.1, 0.15) is 61.3 Å². The first-order valence-corrected chi connectivity index (χ1v) is 11.7. The van der Waals surface area contributed by atoms with Gasteiger partial charge in [0.2, 0.25) is 0 Å². The number of ether oxygens (including phenoxy) is 1. The number of carbonyl (C=O) groups is 2. The second-order valence-electron chi connectivity index (χ2n) is 9.33. The van der Waals surface area contributed by atoms with Gasteiger partial charge in [0, 0.05) is 0 Å². The molecule has 0 aromatic heterocycles. The Morgan fingerprint density at radius 2 is 1.67 bits per heavy atom. The number of rotatable bonds is 3. The molecule has 1 rings (SSSR count). The lowest BCUT2D eigenvalue weighted by Crippen LogP contribution is -2.59. The summed E-state index contributed by atoms with van der Waals surface area (Å²) in [4.78, 5) is 25.6. The Hall–Kier alpha value is -0.883. The molecule has 0 saturated carbocycles. The van der Waals surface area contributed by atoms with E-state index < -0.39 is 26.1 Å². The fourth-order valence-electron chi connectivity index (χ4n) is 2.66. The molecule has 0 N–H and O–H groups in total. The Bertz CT molecular complexity index is 465. The van der Waals surface area contributed by atoms with E-state index in [1.165, 1.54) is 0 Å². The first-order valence-electron chi connectivity index (χ1n) is 8.84. The fraction of sp³-hybridized carbons (Fsp3) is 0.889. The van der Waals surface area contributed by atoms with Crippen molar-refractivity contribution in [3.05, 3.63) is 0 Å². The average molecular weight is 358 g/mol. The summed E-state index contributed by atoms with van der Waals surface area (Å²) in [6, 6.07) is -0.618. The van der Waals surface area contributed by atoms with E-state index in [9.17, 15) is 9.59 Å². The monoisotopic (exact) mass is 357 g/mol. The highest BCUT2D eigenvalue weighted by atomic mass is 28.4.